The first kappa shape index (κ1) is 18.2. The van der Waals surface area contributed by atoms with Crippen LogP contribution in [-0.2, 0) is 5.41 Å². The third-order valence-corrected chi connectivity index (χ3v) is 5.69. The van der Waals surface area contributed by atoms with Gasteiger partial charge in [-0.05, 0) is 49.2 Å². The van der Waals surface area contributed by atoms with E-state index >= 15 is 0 Å². The molecule has 5 heteroatoms. The lowest BCUT2D eigenvalue weighted by molar-refractivity contribution is 0.100. The number of anilines is 1. The summed E-state index contributed by atoms with van der Waals surface area (Å²) < 4.78 is 0. The number of amides is 1. The van der Waals surface area contributed by atoms with Gasteiger partial charge in [0.1, 0.15) is 0 Å². The van der Waals surface area contributed by atoms with Gasteiger partial charge in [0, 0.05) is 42.0 Å². The number of pyridine rings is 2. The molecular formula is C23H24N4O. The minimum absolute atomic E-state index is 0.129. The van der Waals surface area contributed by atoms with Crippen LogP contribution in [0.25, 0.3) is 11.3 Å². The van der Waals surface area contributed by atoms with Crippen molar-refractivity contribution < 1.29 is 4.79 Å². The Morgan fingerprint density at radius 1 is 1.11 bits per heavy atom. The number of primary amides is 1. The highest BCUT2D eigenvalue weighted by molar-refractivity contribution is 5.94. The van der Waals surface area contributed by atoms with Crippen LogP contribution in [-0.4, -0.2) is 29.5 Å². The smallest absolute Gasteiger partial charge is 0.248 e. The highest BCUT2D eigenvalue weighted by Gasteiger charge is 2.40. The van der Waals surface area contributed by atoms with E-state index in [-0.39, 0.29) is 5.41 Å². The van der Waals surface area contributed by atoms with Crippen molar-refractivity contribution in [3.8, 4) is 11.3 Å². The molecule has 1 saturated carbocycles. The average molecular weight is 372 g/mol. The van der Waals surface area contributed by atoms with Crippen LogP contribution < -0.4 is 10.6 Å². The van der Waals surface area contributed by atoms with E-state index in [4.69, 9.17) is 5.73 Å². The Labute approximate surface area is 165 Å². The lowest BCUT2D eigenvalue weighted by Crippen LogP contribution is -2.45. The Morgan fingerprint density at radius 3 is 2.57 bits per heavy atom. The molecule has 142 valence electrons. The van der Waals surface area contributed by atoms with Crippen molar-refractivity contribution >= 4 is 11.6 Å². The van der Waals surface area contributed by atoms with Gasteiger partial charge in [0.2, 0.25) is 5.91 Å². The van der Waals surface area contributed by atoms with Crippen molar-refractivity contribution in [3.05, 3.63) is 78.2 Å². The van der Waals surface area contributed by atoms with E-state index < -0.39 is 5.91 Å². The molecule has 1 fully saturated rings. The molecule has 2 heterocycles. The second kappa shape index (κ2) is 7.43. The molecule has 1 aliphatic carbocycles. The summed E-state index contributed by atoms with van der Waals surface area (Å²) in [5, 5.41) is 0. The second-order valence-electron chi connectivity index (χ2n) is 7.55. The SMILES string of the molecule is CN(CC1(c2ccccn2)CCC1)c1ccc(-c2cccc(C(N)=O)c2)nc1. The Kier molecular flexibility index (Phi) is 4.82. The van der Waals surface area contributed by atoms with Crippen LogP contribution in [0.5, 0.6) is 0 Å². The van der Waals surface area contributed by atoms with Crippen LogP contribution >= 0.6 is 0 Å². The van der Waals surface area contributed by atoms with Gasteiger partial charge in [0.25, 0.3) is 0 Å². The number of aromatic nitrogens is 2. The molecule has 5 nitrogen and oxygen atoms in total. The topological polar surface area (TPSA) is 72.1 Å². The van der Waals surface area contributed by atoms with E-state index in [0.29, 0.717) is 5.56 Å². The number of hydrogen-bond acceptors (Lipinski definition) is 4. The van der Waals surface area contributed by atoms with E-state index in [0.717, 1.165) is 23.5 Å². The average Bonchev–Trinajstić information content (AvgIpc) is 2.71. The number of rotatable bonds is 6. The quantitative estimate of drug-likeness (QED) is 0.714. The summed E-state index contributed by atoms with van der Waals surface area (Å²) in [6.07, 6.45) is 7.35. The first-order valence-corrected chi connectivity index (χ1v) is 9.56. The summed E-state index contributed by atoms with van der Waals surface area (Å²) in [5.41, 5.74) is 9.95. The Balaban J connectivity index is 1.52. The van der Waals surface area contributed by atoms with Crippen molar-refractivity contribution in [2.24, 2.45) is 5.73 Å². The van der Waals surface area contributed by atoms with Crippen molar-refractivity contribution in [2.45, 2.75) is 24.7 Å². The van der Waals surface area contributed by atoms with Crippen molar-refractivity contribution in [1.29, 1.82) is 0 Å². The minimum Gasteiger partial charge on any atom is -0.372 e. The summed E-state index contributed by atoms with van der Waals surface area (Å²) in [6.45, 7) is 0.919. The molecule has 2 aromatic heterocycles. The molecular weight excluding hydrogens is 348 g/mol. The monoisotopic (exact) mass is 372 g/mol. The van der Waals surface area contributed by atoms with E-state index in [1.54, 1.807) is 12.1 Å². The van der Waals surface area contributed by atoms with Gasteiger partial charge in [0.15, 0.2) is 0 Å². The van der Waals surface area contributed by atoms with Gasteiger partial charge in [0.05, 0.1) is 17.6 Å². The van der Waals surface area contributed by atoms with Gasteiger partial charge < -0.3 is 10.6 Å². The Hall–Kier alpha value is -3.21. The molecule has 1 aromatic carbocycles. The van der Waals surface area contributed by atoms with E-state index in [2.05, 4.69) is 40.1 Å². The van der Waals surface area contributed by atoms with E-state index in [1.165, 1.54) is 25.0 Å². The number of nitrogens with zero attached hydrogens (tertiary/aromatic N) is 3. The Morgan fingerprint density at radius 2 is 1.96 bits per heavy atom. The van der Waals surface area contributed by atoms with Gasteiger partial charge in [-0.25, -0.2) is 0 Å². The fraction of sp³-hybridized carbons (Fsp3) is 0.261. The van der Waals surface area contributed by atoms with Crippen molar-refractivity contribution in [2.75, 3.05) is 18.5 Å². The molecule has 2 N–H and O–H groups in total. The molecule has 3 aromatic rings. The zero-order chi connectivity index (χ0) is 19.6. The molecule has 0 radical (unpaired) electrons. The van der Waals surface area contributed by atoms with Gasteiger partial charge >= 0.3 is 0 Å². The third kappa shape index (κ3) is 3.48. The van der Waals surface area contributed by atoms with Crippen LogP contribution in [0.4, 0.5) is 5.69 Å². The zero-order valence-corrected chi connectivity index (χ0v) is 16.0. The highest BCUT2D eigenvalue weighted by Crippen LogP contribution is 2.43. The molecule has 0 spiro atoms. The van der Waals surface area contributed by atoms with Crippen LogP contribution in [0.15, 0.2) is 67.0 Å². The molecule has 1 amide bonds. The van der Waals surface area contributed by atoms with Crippen molar-refractivity contribution in [3.63, 3.8) is 0 Å². The van der Waals surface area contributed by atoms with Crippen LogP contribution in [0, 0.1) is 0 Å². The standard InChI is InChI=1S/C23H24N4O/c1-27(16-23(11-5-12-23)21-8-2-3-13-25-21)19-9-10-20(26-15-19)17-6-4-7-18(14-17)22(24)28/h2-4,6-10,13-15H,5,11-12,16H2,1H3,(H2,24,28). The molecule has 0 atom stereocenters. The molecule has 0 unspecified atom stereocenters. The predicted molar refractivity (Wildman–Crippen MR) is 111 cm³/mol. The molecule has 1 aliphatic rings. The third-order valence-electron chi connectivity index (χ3n) is 5.69. The highest BCUT2D eigenvalue weighted by atomic mass is 16.1. The first-order valence-electron chi connectivity index (χ1n) is 9.56. The van der Waals surface area contributed by atoms with E-state index in [1.807, 2.05) is 36.7 Å². The Bertz CT molecular complexity index is 965. The largest absolute Gasteiger partial charge is 0.372 e. The molecule has 28 heavy (non-hydrogen) atoms. The number of carbonyl (C=O) groups excluding carboxylic acids is 1. The molecule has 0 bridgehead atoms. The second-order valence-corrected chi connectivity index (χ2v) is 7.55. The maximum absolute atomic E-state index is 11.4. The molecule has 4 rings (SSSR count). The number of nitrogens with two attached hydrogens (primary N) is 1. The number of likely N-dealkylation sites (N-methyl/N-ethyl adjacent to an activating group) is 1. The number of benzene rings is 1. The summed E-state index contributed by atoms with van der Waals surface area (Å²) in [7, 11) is 2.10. The molecule has 0 saturated heterocycles. The first-order chi connectivity index (χ1) is 13.6. The lowest BCUT2D eigenvalue weighted by Gasteiger charge is -2.44. The van der Waals surface area contributed by atoms with Gasteiger partial charge in [-0.2, -0.15) is 0 Å². The maximum Gasteiger partial charge on any atom is 0.248 e. The van der Waals surface area contributed by atoms with Crippen LogP contribution in [0.1, 0.15) is 35.3 Å². The summed E-state index contributed by atoms with van der Waals surface area (Å²) >= 11 is 0. The predicted octanol–water partition coefficient (Wildman–Crippen LogP) is 3.80. The van der Waals surface area contributed by atoms with Gasteiger partial charge in [-0.15, -0.1) is 0 Å². The summed E-state index contributed by atoms with van der Waals surface area (Å²) in [6, 6.07) is 17.5. The normalized spacial score (nSPS) is 14.9. The fourth-order valence-corrected chi connectivity index (χ4v) is 3.93. The zero-order valence-electron chi connectivity index (χ0n) is 16.0. The maximum atomic E-state index is 11.4. The minimum atomic E-state index is -0.432. The number of hydrogen-bond donors (Lipinski definition) is 1. The van der Waals surface area contributed by atoms with Crippen LogP contribution in [0.2, 0.25) is 0 Å². The van der Waals surface area contributed by atoms with Gasteiger partial charge in [-0.3, -0.25) is 14.8 Å². The van der Waals surface area contributed by atoms with Gasteiger partial charge in [-0.1, -0.05) is 24.6 Å². The lowest BCUT2D eigenvalue weighted by atomic mass is 9.66. The van der Waals surface area contributed by atoms with Crippen LogP contribution in [0.3, 0.4) is 0 Å². The number of carbonyl (C=O) groups is 1. The fourth-order valence-electron chi connectivity index (χ4n) is 3.93. The summed E-state index contributed by atoms with van der Waals surface area (Å²) in [5.74, 6) is -0.432. The summed E-state index contributed by atoms with van der Waals surface area (Å²) in [4.78, 5) is 22.9. The van der Waals surface area contributed by atoms with E-state index in [9.17, 15) is 4.79 Å². The van der Waals surface area contributed by atoms with Crippen molar-refractivity contribution in [1.82, 2.24) is 9.97 Å². The molecule has 0 aliphatic heterocycles.